The van der Waals surface area contributed by atoms with Gasteiger partial charge in [0.05, 0.1) is 23.5 Å². The molecule has 23 heavy (non-hydrogen) atoms. The van der Waals surface area contributed by atoms with Gasteiger partial charge in [0.15, 0.2) is 9.84 Å². The highest BCUT2D eigenvalue weighted by molar-refractivity contribution is 7.90. The Hall–Kier alpha value is -2.09. The van der Waals surface area contributed by atoms with E-state index in [4.69, 9.17) is 9.84 Å². The van der Waals surface area contributed by atoms with Crippen LogP contribution in [0.5, 0.6) is 5.75 Å². The molecule has 1 saturated heterocycles. The number of aliphatic carboxylic acids is 1. The summed E-state index contributed by atoms with van der Waals surface area (Å²) in [6.07, 6.45) is 2.18. The fourth-order valence-corrected chi connectivity index (χ4v) is 3.27. The Balaban J connectivity index is 2.36. The van der Waals surface area contributed by atoms with Crippen LogP contribution in [0.25, 0.3) is 0 Å². The number of piperidine rings is 1. The molecule has 1 atom stereocenters. The summed E-state index contributed by atoms with van der Waals surface area (Å²) in [5, 5.41) is 9.12. The van der Waals surface area contributed by atoms with Crippen molar-refractivity contribution in [2.75, 3.05) is 26.5 Å². The number of carbonyl (C=O) groups excluding carboxylic acids is 1. The van der Waals surface area contributed by atoms with Crippen LogP contribution in [0.15, 0.2) is 23.1 Å². The number of carbonyl (C=O) groups is 2. The predicted molar refractivity (Wildman–Crippen MR) is 82.4 cm³/mol. The number of likely N-dealkylation sites (tertiary alicyclic amines) is 1. The van der Waals surface area contributed by atoms with E-state index in [9.17, 15) is 18.0 Å². The van der Waals surface area contributed by atoms with E-state index in [-0.39, 0.29) is 22.8 Å². The van der Waals surface area contributed by atoms with Crippen LogP contribution < -0.4 is 4.74 Å². The van der Waals surface area contributed by atoms with Crippen LogP contribution in [0.2, 0.25) is 0 Å². The summed E-state index contributed by atoms with van der Waals surface area (Å²) < 4.78 is 28.5. The molecule has 1 unspecified atom stereocenters. The molecule has 0 aliphatic carbocycles. The molecule has 1 aliphatic rings. The van der Waals surface area contributed by atoms with E-state index in [2.05, 4.69) is 0 Å². The normalized spacial score (nSPS) is 18.5. The van der Waals surface area contributed by atoms with Crippen molar-refractivity contribution in [2.24, 2.45) is 5.92 Å². The molecule has 1 heterocycles. The molecule has 1 fully saturated rings. The lowest BCUT2D eigenvalue weighted by molar-refractivity contribution is -0.143. The molecule has 0 saturated carbocycles. The minimum atomic E-state index is -3.46. The van der Waals surface area contributed by atoms with Gasteiger partial charge in [-0.1, -0.05) is 0 Å². The van der Waals surface area contributed by atoms with Crippen LogP contribution in [0, 0.1) is 5.92 Å². The zero-order valence-electron chi connectivity index (χ0n) is 13.0. The van der Waals surface area contributed by atoms with Gasteiger partial charge in [-0.2, -0.15) is 0 Å². The van der Waals surface area contributed by atoms with E-state index in [0.29, 0.717) is 19.4 Å². The zero-order chi connectivity index (χ0) is 17.2. The second-order valence-electron chi connectivity index (χ2n) is 5.56. The maximum Gasteiger partial charge on any atom is 0.308 e. The molecule has 7 nitrogen and oxygen atoms in total. The van der Waals surface area contributed by atoms with E-state index in [1.54, 1.807) is 0 Å². The summed E-state index contributed by atoms with van der Waals surface area (Å²) in [5.74, 6) is -1.69. The molecule has 1 N–H and O–H groups in total. The van der Waals surface area contributed by atoms with Crippen molar-refractivity contribution >= 4 is 21.7 Å². The van der Waals surface area contributed by atoms with Gasteiger partial charge in [-0.05, 0) is 31.0 Å². The second kappa shape index (κ2) is 6.57. The van der Waals surface area contributed by atoms with Gasteiger partial charge < -0.3 is 14.7 Å². The number of methoxy groups -OCH3 is 1. The highest BCUT2D eigenvalue weighted by Crippen LogP contribution is 2.26. The van der Waals surface area contributed by atoms with Crippen LogP contribution in [0.3, 0.4) is 0 Å². The molecule has 1 aromatic carbocycles. The Bertz CT molecular complexity index is 727. The highest BCUT2D eigenvalue weighted by atomic mass is 32.2. The first kappa shape index (κ1) is 17.3. The second-order valence-corrected chi connectivity index (χ2v) is 7.58. The van der Waals surface area contributed by atoms with Crippen LogP contribution in [0.4, 0.5) is 0 Å². The molecule has 0 radical (unpaired) electrons. The van der Waals surface area contributed by atoms with Crippen LogP contribution in [0.1, 0.15) is 23.2 Å². The SMILES string of the molecule is COc1ccc(S(C)(=O)=O)cc1C(=O)N1CCCC(C(=O)O)C1. The maximum atomic E-state index is 12.7. The number of nitrogens with zero attached hydrogens (tertiary/aromatic N) is 1. The minimum Gasteiger partial charge on any atom is -0.496 e. The molecule has 126 valence electrons. The molecule has 2 rings (SSSR count). The third kappa shape index (κ3) is 3.82. The third-order valence-corrected chi connectivity index (χ3v) is 5.00. The Morgan fingerprint density at radius 2 is 2.04 bits per heavy atom. The summed E-state index contributed by atoms with van der Waals surface area (Å²) in [6.45, 7) is 0.551. The van der Waals surface area contributed by atoms with Crippen molar-refractivity contribution < 1.29 is 27.9 Å². The Morgan fingerprint density at radius 1 is 1.35 bits per heavy atom. The number of hydrogen-bond acceptors (Lipinski definition) is 5. The van der Waals surface area contributed by atoms with E-state index in [1.165, 1.54) is 30.2 Å². The first-order chi connectivity index (χ1) is 10.7. The number of hydrogen-bond donors (Lipinski definition) is 1. The molecule has 1 aromatic rings. The topological polar surface area (TPSA) is 101 Å². The summed E-state index contributed by atoms with van der Waals surface area (Å²) >= 11 is 0. The largest absolute Gasteiger partial charge is 0.496 e. The van der Waals surface area contributed by atoms with Crippen LogP contribution in [-0.4, -0.2) is 56.8 Å². The average molecular weight is 341 g/mol. The summed E-state index contributed by atoms with van der Waals surface area (Å²) in [4.78, 5) is 25.3. The molecule has 1 amide bonds. The summed E-state index contributed by atoms with van der Waals surface area (Å²) in [7, 11) is -2.07. The zero-order valence-corrected chi connectivity index (χ0v) is 13.8. The number of carboxylic acids is 1. The lowest BCUT2D eigenvalue weighted by atomic mass is 9.97. The van der Waals surface area contributed by atoms with Gasteiger partial charge in [-0.15, -0.1) is 0 Å². The number of carboxylic acid groups (broad SMARTS) is 1. The molecule has 0 bridgehead atoms. The average Bonchev–Trinajstić information content (AvgIpc) is 2.52. The fraction of sp³-hybridized carbons (Fsp3) is 0.467. The lowest BCUT2D eigenvalue weighted by Gasteiger charge is -2.31. The van der Waals surface area contributed by atoms with Gasteiger partial charge in [0.2, 0.25) is 0 Å². The molecule has 1 aliphatic heterocycles. The lowest BCUT2D eigenvalue weighted by Crippen LogP contribution is -2.42. The van der Waals surface area contributed by atoms with Gasteiger partial charge >= 0.3 is 5.97 Å². The molecular formula is C15H19NO6S. The number of sulfone groups is 1. The minimum absolute atomic E-state index is 0.0217. The van der Waals surface area contributed by atoms with Gasteiger partial charge in [0.1, 0.15) is 5.75 Å². The summed E-state index contributed by atoms with van der Waals surface area (Å²) in [6, 6.07) is 4.09. The molecule has 8 heteroatoms. The highest BCUT2D eigenvalue weighted by Gasteiger charge is 2.30. The number of ether oxygens (including phenoxy) is 1. The van der Waals surface area contributed by atoms with Gasteiger partial charge in [0, 0.05) is 19.3 Å². The molecule has 0 aromatic heterocycles. The maximum absolute atomic E-state index is 12.7. The van der Waals surface area contributed by atoms with Crippen LogP contribution >= 0.6 is 0 Å². The fourth-order valence-electron chi connectivity index (χ4n) is 2.62. The van der Waals surface area contributed by atoms with E-state index >= 15 is 0 Å². The summed E-state index contributed by atoms with van der Waals surface area (Å²) in [5.41, 5.74) is 0.126. The van der Waals surface area contributed by atoms with Crippen molar-refractivity contribution in [3.05, 3.63) is 23.8 Å². The number of amides is 1. The van der Waals surface area contributed by atoms with E-state index < -0.39 is 27.6 Å². The van der Waals surface area contributed by atoms with Crippen molar-refractivity contribution in [1.29, 1.82) is 0 Å². The number of benzene rings is 1. The van der Waals surface area contributed by atoms with Crippen LogP contribution in [-0.2, 0) is 14.6 Å². The van der Waals surface area contributed by atoms with Gasteiger partial charge in [-0.25, -0.2) is 8.42 Å². The van der Waals surface area contributed by atoms with Crippen molar-refractivity contribution in [3.8, 4) is 5.75 Å². The number of rotatable bonds is 4. The molecular weight excluding hydrogens is 322 g/mol. The third-order valence-electron chi connectivity index (χ3n) is 3.89. The standard InChI is InChI=1S/C15H19NO6S/c1-22-13-6-5-11(23(2,20)21)8-12(13)14(17)16-7-3-4-10(9-16)15(18)19/h5-6,8,10H,3-4,7,9H2,1-2H3,(H,18,19). The Kier molecular flexibility index (Phi) is 4.93. The monoisotopic (exact) mass is 341 g/mol. The van der Waals surface area contributed by atoms with Crippen molar-refractivity contribution in [1.82, 2.24) is 4.90 Å². The predicted octanol–water partition coefficient (Wildman–Crippen LogP) is 1.04. The quantitative estimate of drug-likeness (QED) is 0.878. The van der Waals surface area contributed by atoms with E-state index in [0.717, 1.165) is 6.26 Å². The molecule has 0 spiro atoms. The first-order valence-electron chi connectivity index (χ1n) is 7.14. The van der Waals surface area contributed by atoms with Gasteiger partial charge in [0.25, 0.3) is 5.91 Å². The Morgan fingerprint density at radius 3 is 2.61 bits per heavy atom. The smallest absolute Gasteiger partial charge is 0.308 e. The van der Waals surface area contributed by atoms with Crippen molar-refractivity contribution in [2.45, 2.75) is 17.7 Å². The van der Waals surface area contributed by atoms with Crippen molar-refractivity contribution in [3.63, 3.8) is 0 Å². The first-order valence-corrected chi connectivity index (χ1v) is 9.03. The van der Waals surface area contributed by atoms with Gasteiger partial charge in [-0.3, -0.25) is 9.59 Å². The Labute approximate surface area is 134 Å². The van der Waals surface area contributed by atoms with E-state index in [1.807, 2.05) is 0 Å².